The molecule has 0 aliphatic heterocycles. The average Bonchev–Trinajstić information content (AvgIpc) is 2.75. The summed E-state index contributed by atoms with van der Waals surface area (Å²) >= 11 is 1.63. The Hall–Kier alpha value is -0.840. The molecule has 13 heavy (non-hydrogen) atoms. The number of aromatic nitrogens is 1. The summed E-state index contributed by atoms with van der Waals surface area (Å²) in [6, 6.07) is 5.84. The summed E-state index contributed by atoms with van der Waals surface area (Å²) < 4.78 is 5.08. The number of thiophene rings is 1. The number of rotatable bonds is 2. The zero-order chi connectivity index (χ0) is 8.39. The SMILES string of the molecule is Cl.NCc1cc(-c2cccs2)on1. The predicted octanol–water partition coefficient (Wildman–Crippen LogP) is 2.28. The van der Waals surface area contributed by atoms with Crippen LogP contribution in [0.2, 0.25) is 0 Å². The molecule has 3 nitrogen and oxygen atoms in total. The molecule has 0 unspecified atom stereocenters. The third-order valence-electron chi connectivity index (χ3n) is 1.53. The molecule has 0 spiro atoms. The van der Waals surface area contributed by atoms with Crippen molar-refractivity contribution in [3.8, 4) is 10.6 Å². The van der Waals surface area contributed by atoms with Gasteiger partial charge in [-0.15, -0.1) is 23.7 Å². The van der Waals surface area contributed by atoms with E-state index in [9.17, 15) is 0 Å². The maximum atomic E-state index is 5.40. The first-order valence-electron chi connectivity index (χ1n) is 3.59. The minimum Gasteiger partial charge on any atom is -0.355 e. The topological polar surface area (TPSA) is 52.0 Å². The Labute approximate surface area is 86.0 Å². The zero-order valence-corrected chi connectivity index (χ0v) is 8.40. The van der Waals surface area contributed by atoms with Gasteiger partial charge in [0.25, 0.3) is 0 Å². The van der Waals surface area contributed by atoms with Crippen molar-refractivity contribution < 1.29 is 4.52 Å². The molecule has 0 amide bonds. The minimum absolute atomic E-state index is 0. The number of hydrogen-bond acceptors (Lipinski definition) is 4. The standard InChI is InChI=1S/C8H8N2OS.ClH/c9-5-6-4-7(11-10-6)8-2-1-3-12-8;/h1-4H,5,9H2;1H. The monoisotopic (exact) mass is 216 g/mol. The molecule has 0 atom stereocenters. The molecule has 2 aromatic heterocycles. The third kappa shape index (κ3) is 2.09. The Morgan fingerprint density at radius 1 is 1.54 bits per heavy atom. The van der Waals surface area contributed by atoms with Crippen molar-refractivity contribution in [3.05, 3.63) is 29.3 Å². The summed E-state index contributed by atoms with van der Waals surface area (Å²) in [4.78, 5) is 1.09. The van der Waals surface area contributed by atoms with Crippen LogP contribution in [0.3, 0.4) is 0 Å². The van der Waals surface area contributed by atoms with Crippen LogP contribution in [0.15, 0.2) is 28.1 Å². The molecule has 2 heterocycles. The maximum Gasteiger partial charge on any atom is 0.177 e. The van der Waals surface area contributed by atoms with Gasteiger partial charge in [0, 0.05) is 12.6 Å². The van der Waals surface area contributed by atoms with Gasteiger partial charge in [-0.2, -0.15) is 0 Å². The smallest absolute Gasteiger partial charge is 0.177 e. The lowest BCUT2D eigenvalue weighted by Crippen LogP contribution is -1.94. The van der Waals surface area contributed by atoms with Crippen molar-refractivity contribution in [2.75, 3.05) is 0 Å². The highest BCUT2D eigenvalue weighted by atomic mass is 35.5. The van der Waals surface area contributed by atoms with Crippen LogP contribution in [-0.4, -0.2) is 5.16 Å². The van der Waals surface area contributed by atoms with Gasteiger partial charge in [-0.05, 0) is 11.4 Å². The second-order valence-corrected chi connectivity index (χ2v) is 3.31. The van der Waals surface area contributed by atoms with Crippen molar-refractivity contribution in [1.29, 1.82) is 0 Å². The van der Waals surface area contributed by atoms with Crippen molar-refractivity contribution in [2.24, 2.45) is 5.73 Å². The third-order valence-corrected chi connectivity index (χ3v) is 2.42. The zero-order valence-electron chi connectivity index (χ0n) is 6.77. The molecule has 0 fully saturated rings. The maximum absolute atomic E-state index is 5.40. The molecule has 0 saturated carbocycles. The molecule has 70 valence electrons. The average molecular weight is 217 g/mol. The first-order chi connectivity index (χ1) is 5.90. The van der Waals surface area contributed by atoms with Gasteiger partial charge in [0.15, 0.2) is 5.76 Å². The van der Waals surface area contributed by atoms with Crippen LogP contribution < -0.4 is 5.73 Å². The van der Waals surface area contributed by atoms with Crippen LogP contribution >= 0.6 is 23.7 Å². The van der Waals surface area contributed by atoms with Gasteiger partial charge >= 0.3 is 0 Å². The van der Waals surface area contributed by atoms with Crippen LogP contribution in [0.5, 0.6) is 0 Å². The van der Waals surface area contributed by atoms with Gasteiger partial charge < -0.3 is 10.3 Å². The van der Waals surface area contributed by atoms with Crippen molar-refractivity contribution >= 4 is 23.7 Å². The Morgan fingerprint density at radius 2 is 2.38 bits per heavy atom. The molecule has 2 aromatic rings. The van der Waals surface area contributed by atoms with Crippen molar-refractivity contribution in [2.45, 2.75) is 6.54 Å². The summed E-state index contributed by atoms with van der Waals surface area (Å²) in [7, 11) is 0. The van der Waals surface area contributed by atoms with E-state index in [2.05, 4.69) is 5.16 Å². The molecule has 0 radical (unpaired) electrons. The van der Waals surface area contributed by atoms with Crippen molar-refractivity contribution in [1.82, 2.24) is 5.16 Å². The molecular formula is C8H9ClN2OS. The quantitative estimate of drug-likeness (QED) is 0.838. The van der Waals surface area contributed by atoms with Gasteiger partial charge in [0.1, 0.15) is 0 Å². The van der Waals surface area contributed by atoms with E-state index in [4.69, 9.17) is 10.3 Å². The van der Waals surface area contributed by atoms with Crippen LogP contribution in [0, 0.1) is 0 Å². The highest BCUT2D eigenvalue weighted by Gasteiger charge is 2.05. The minimum atomic E-state index is 0. The molecule has 2 N–H and O–H groups in total. The van der Waals surface area contributed by atoms with Gasteiger partial charge in [-0.3, -0.25) is 0 Å². The van der Waals surface area contributed by atoms with Gasteiger partial charge in [-0.25, -0.2) is 0 Å². The van der Waals surface area contributed by atoms with E-state index in [1.807, 2.05) is 23.6 Å². The Balaban J connectivity index is 0.000000845. The molecule has 2 rings (SSSR count). The molecule has 0 bridgehead atoms. The first kappa shape index (κ1) is 10.2. The Morgan fingerprint density at radius 3 is 2.92 bits per heavy atom. The van der Waals surface area contributed by atoms with E-state index in [1.165, 1.54) is 0 Å². The number of nitrogens with two attached hydrogens (primary N) is 1. The second-order valence-electron chi connectivity index (χ2n) is 2.36. The van der Waals surface area contributed by atoms with E-state index in [1.54, 1.807) is 11.3 Å². The molecule has 0 aliphatic carbocycles. The predicted molar refractivity (Wildman–Crippen MR) is 55.0 cm³/mol. The molecule has 0 aromatic carbocycles. The van der Waals surface area contributed by atoms with E-state index >= 15 is 0 Å². The van der Waals surface area contributed by atoms with E-state index in [0.717, 1.165) is 16.3 Å². The lowest BCUT2D eigenvalue weighted by molar-refractivity contribution is 0.424. The highest BCUT2D eigenvalue weighted by Crippen LogP contribution is 2.24. The number of nitrogens with zero attached hydrogens (tertiary/aromatic N) is 1. The van der Waals surface area contributed by atoms with Crippen LogP contribution in [0.25, 0.3) is 10.6 Å². The summed E-state index contributed by atoms with van der Waals surface area (Å²) in [5, 5.41) is 5.80. The fraction of sp³-hybridized carbons (Fsp3) is 0.125. The summed E-state index contributed by atoms with van der Waals surface area (Å²) in [6.07, 6.45) is 0. The van der Waals surface area contributed by atoms with Gasteiger partial charge in [-0.1, -0.05) is 11.2 Å². The normalized spacial score (nSPS) is 9.62. The van der Waals surface area contributed by atoms with Crippen LogP contribution in [0.1, 0.15) is 5.69 Å². The van der Waals surface area contributed by atoms with Crippen molar-refractivity contribution in [3.63, 3.8) is 0 Å². The van der Waals surface area contributed by atoms with Gasteiger partial charge in [0.05, 0.1) is 10.6 Å². The Kier molecular flexibility index (Phi) is 3.48. The van der Waals surface area contributed by atoms with Crippen LogP contribution in [0.4, 0.5) is 0 Å². The number of halogens is 1. The molecule has 0 aliphatic rings. The fourth-order valence-electron chi connectivity index (χ4n) is 0.943. The lowest BCUT2D eigenvalue weighted by Gasteiger charge is -1.83. The first-order valence-corrected chi connectivity index (χ1v) is 4.47. The molecule has 5 heteroatoms. The van der Waals surface area contributed by atoms with E-state index in [-0.39, 0.29) is 12.4 Å². The summed E-state index contributed by atoms with van der Waals surface area (Å²) in [6.45, 7) is 0.425. The van der Waals surface area contributed by atoms with Gasteiger partial charge in [0.2, 0.25) is 0 Å². The summed E-state index contributed by atoms with van der Waals surface area (Å²) in [5.74, 6) is 0.797. The van der Waals surface area contributed by atoms with Crippen LogP contribution in [-0.2, 0) is 6.54 Å². The summed E-state index contributed by atoms with van der Waals surface area (Å²) in [5.41, 5.74) is 6.19. The molecule has 0 saturated heterocycles. The fourth-order valence-corrected chi connectivity index (χ4v) is 1.62. The van der Waals surface area contributed by atoms with E-state index < -0.39 is 0 Å². The largest absolute Gasteiger partial charge is 0.355 e. The Bertz CT molecular complexity index is 358. The number of hydrogen-bond donors (Lipinski definition) is 1. The second kappa shape index (κ2) is 4.41. The molecular weight excluding hydrogens is 208 g/mol. The highest BCUT2D eigenvalue weighted by molar-refractivity contribution is 7.13. The lowest BCUT2D eigenvalue weighted by atomic mass is 10.3. The van der Waals surface area contributed by atoms with E-state index in [0.29, 0.717) is 6.54 Å².